The summed E-state index contributed by atoms with van der Waals surface area (Å²) in [6.07, 6.45) is 5.92. The molecule has 0 aromatic heterocycles. The predicted molar refractivity (Wildman–Crippen MR) is 68.7 cm³/mol. The van der Waals surface area contributed by atoms with Crippen molar-refractivity contribution in [2.24, 2.45) is 0 Å². The summed E-state index contributed by atoms with van der Waals surface area (Å²) in [7, 11) is 0. The van der Waals surface area contributed by atoms with Gasteiger partial charge < -0.3 is 15.3 Å². The summed E-state index contributed by atoms with van der Waals surface area (Å²) < 4.78 is 0. The van der Waals surface area contributed by atoms with Gasteiger partial charge in [0.1, 0.15) is 0 Å². The van der Waals surface area contributed by atoms with Crippen molar-refractivity contribution in [3.8, 4) is 0 Å². The summed E-state index contributed by atoms with van der Waals surface area (Å²) in [6.45, 7) is 8.45. The zero-order valence-electron chi connectivity index (χ0n) is 10.9. The minimum Gasteiger partial charge on any atom is -0.396 e. The van der Waals surface area contributed by atoms with Crippen LogP contribution in [0, 0.1) is 0 Å². The van der Waals surface area contributed by atoms with Gasteiger partial charge in [0.05, 0.1) is 0 Å². The van der Waals surface area contributed by atoms with Crippen LogP contribution in [-0.4, -0.2) is 48.3 Å². The lowest BCUT2D eigenvalue weighted by atomic mass is 10.1. The Hall–Kier alpha value is -0.120. The molecule has 1 atom stereocenters. The number of aliphatic hydroxyl groups is 1. The van der Waals surface area contributed by atoms with Crippen LogP contribution < -0.4 is 5.32 Å². The van der Waals surface area contributed by atoms with Gasteiger partial charge in [-0.3, -0.25) is 0 Å². The van der Waals surface area contributed by atoms with E-state index >= 15 is 0 Å². The van der Waals surface area contributed by atoms with Gasteiger partial charge >= 0.3 is 0 Å². The number of nitrogens with one attached hydrogen (secondary N) is 1. The summed E-state index contributed by atoms with van der Waals surface area (Å²) in [6, 6.07) is 1.38. The molecule has 0 radical (unpaired) electrons. The molecule has 0 bridgehead atoms. The van der Waals surface area contributed by atoms with Crippen molar-refractivity contribution in [2.75, 3.05) is 26.2 Å². The van der Waals surface area contributed by atoms with Crippen molar-refractivity contribution >= 4 is 0 Å². The first kappa shape index (κ1) is 13.9. The van der Waals surface area contributed by atoms with E-state index in [1.165, 1.54) is 32.4 Å². The van der Waals surface area contributed by atoms with Gasteiger partial charge in [-0.05, 0) is 65.6 Å². The van der Waals surface area contributed by atoms with Crippen LogP contribution in [0.3, 0.4) is 0 Å². The summed E-state index contributed by atoms with van der Waals surface area (Å²) in [5.41, 5.74) is 0. The molecule has 0 saturated carbocycles. The fourth-order valence-corrected chi connectivity index (χ4v) is 2.38. The third-order valence-corrected chi connectivity index (χ3v) is 3.51. The van der Waals surface area contributed by atoms with Gasteiger partial charge in [-0.15, -0.1) is 0 Å². The van der Waals surface area contributed by atoms with Crippen LogP contribution in [0.5, 0.6) is 0 Å². The highest BCUT2D eigenvalue weighted by Gasteiger charge is 2.17. The summed E-state index contributed by atoms with van der Waals surface area (Å²) in [4.78, 5) is 2.58. The molecule has 96 valence electrons. The van der Waals surface area contributed by atoms with Crippen molar-refractivity contribution in [1.29, 1.82) is 0 Å². The molecule has 3 nitrogen and oxygen atoms in total. The molecule has 1 unspecified atom stereocenters. The second-order valence-corrected chi connectivity index (χ2v) is 5.14. The Morgan fingerprint density at radius 1 is 1.25 bits per heavy atom. The zero-order valence-corrected chi connectivity index (χ0v) is 10.9. The average molecular weight is 228 g/mol. The van der Waals surface area contributed by atoms with E-state index in [4.69, 9.17) is 5.11 Å². The van der Waals surface area contributed by atoms with E-state index in [1.54, 1.807) is 0 Å². The van der Waals surface area contributed by atoms with Gasteiger partial charge in [0.25, 0.3) is 0 Å². The van der Waals surface area contributed by atoms with Gasteiger partial charge in [0.15, 0.2) is 0 Å². The predicted octanol–water partition coefficient (Wildman–Crippen LogP) is 1.61. The maximum Gasteiger partial charge on any atom is 0.0431 e. The third kappa shape index (κ3) is 5.28. The number of nitrogens with zero attached hydrogens (tertiary/aromatic N) is 1. The fourth-order valence-electron chi connectivity index (χ4n) is 2.38. The normalized spacial score (nSPS) is 23.6. The molecule has 0 aliphatic carbocycles. The van der Waals surface area contributed by atoms with Gasteiger partial charge in [0, 0.05) is 18.7 Å². The Morgan fingerprint density at radius 2 is 2.06 bits per heavy atom. The quantitative estimate of drug-likeness (QED) is 0.678. The zero-order chi connectivity index (χ0) is 11.8. The fraction of sp³-hybridized carbons (Fsp3) is 1.00. The number of unbranched alkanes of at least 4 members (excludes halogenated alkanes) is 1. The van der Waals surface area contributed by atoms with Crippen LogP contribution in [0.1, 0.15) is 46.0 Å². The molecular formula is C13H28N2O. The van der Waals surface area contributed by atoms with Crippen LogP contribution in [0.15, 0.2) is 0 Å². The van der Waals surface area contributed by atoms with E-state index in [0.29, 0.717) is 18.7 Å². The molecule has 1 aliphatic rings. The lowest BCUT2D eigenvalue weighted by Crippen LogP contribution is -2.34. The molecule has 0 aromatic rings. The molecular weight excluding hydrogens is 200 g/mol. The molecule has 3 heteroatoms. The summed E-state index contributed by atoms with van der Waals surface area (Å²) in [5, 5.41) is 12.3. The van der Waals surface area contributed by atoms with Crippen molar-refractivity contribution in [1.82, 2.24) is 10.2 Å². The van der Waals surface area contributed by atoms with E-state index in [2.05, 4.69) is 24.1 Å². The van der Waals surface area contributed by atoms with E-state index in [1.807, 2.05) is 0 Å². The van der Waals surface area contributed by atoms with E-state index < -0.39 is 0 Å². The standard InChI is InChI=1S/C13H28N2O/c1-12(2)15-9-5-6-13(7-10-15)14-8-3-4-11-16/h12-14,16H,3-11H2,1-2H3. The first-order chi connectivity index (χ1) is 7.74. The van der Waals surface area contributed by atoms with E-state index in [-0.39, 0.29) is 0 Å². The van der Waals surface area contributed by atoms with E-state index in [0.717, 1.165) is 19.4 Å². The van der Waals surface area contributed by atoms with E-state index in [9.17, 15) is 0 Å². The molecule has 0 spiro atoms. The molecule has 2 N–H and O–H groups in total. The van der Waals surface area contributed by atoms with Gasteiger partial charge in [-0.1, -0.05) is 0 Å². The molecule has 1 saturated heterocycles. The lowest BCUT2D eigenvalue weighted by molar-refractivity contribution is 0.229. The minimum absolute atomic E-state index is 0.327. The topological polar surface area (TPSA) is 35.5 Å². The Bertz CT molecular complexity index is 173. The Kier molecular flexibility index (Phi) is 7.01. The van der Waals surface area contributed by atoms with Crippen LogP contribution in [0.4, 0.5) is 0 Å². The van der Waals surface area contributed by atoms with Crippen molar-refractivity contribution in [2.45, 2.75) is 58.0 Å². The van der Waals surface area contributed by atoms with Crippen LogP contribution in [-0.2, 0) is 0 Å². The lowest BCUT2D eigenvalue weighted by Gasteiger charge is -2.24. The Labute approximate surface area is 100 Å². The maximum atomic E-state index is 8.71. The summed E-state index contributed by atoms with van der Waals surface area (Å²) >= 11 is 0. The molecule has 1 fully saturated rings. The molecule has 1 rings (SSSR count). The molecule has 1 aliphatic heterocycles. The Balaban J connectivity index is 2.15. The number of aliphatic hydroxyl groups excluding tert-OH is 1. The first-order valence-electron chi connectivity index (χ1n) is 6.82. The Morgan fingerprint density at radius 3 is 2.75 bits per heavy atom. The number of hydrogen-bond donors (Lipinski definition) is 2. The first-order valence-corrected chi connectivity index (χ1v) is 6.82. The second-order valence-electron chi connectivity index (χ2n) is 5.14. The SMILES string of the molecule is CC(C)N1CCCC(NCCCCO)CC1. The molecule has 0 amide bonds. The highest BCUT2D eigenvalue weighted by Crippen LogP contribution is 2.13. The minimum atomic E-state index is 0.327. The maximum absolute atomic E-state index is 8.71. The monoisotopic (exact) mass is 228 g/mol. The number of rotatable bonds is 6. The molecule has 1 heterocycles. The largest absolute Gasteiger partial charge is 0.396 e. The van der Waals surface area contributed by atoms with Crippen molar-refractivity contribution < 1.29 is 5.11 Å². The number of hydrogen-bond acceptors (Lipinski definition) is 3. The number of likely N-dealkylation sites (tertiary alicyclic amines) is 1. The van der Waals surface area contributed by atoms with Gasteiger partial charge in [-0.2, -0.15) is 0 Å². The van der Waals surface area contributed by atoms with Crippen LogP contribution in [0.25, 0.3) is 0 Å². The van der Waals surface area contributed by atoms with Gasteiger partial charge in [-0.25, -0.2) is 0 Å². The third-order valence-electron chi connectivity index (χ3n) is 3.51. The van der Waals surface area contributed by atoms with Gasteiger partial charge in [0.2, 0.25) is 0 Å². The van der Waals surface area contributed by atoms with Crippen LogP contribution >= 0.6 is 0 Å². The highest BCUT2D eigenvalue weighted by atomic mass is 16.2. The van der Waals surface area contributed by atoms with Crippen molar-refractivity contribution in [3.63, 3.8) is 0 Å². The highest BCUT2D eigenvalue weighted by molar-refractivity contribution is 4.76. The average Bonchev–Trinajstić information content (AvgIpc) is 2.50. The van der Waals surface area contributed by atoms with Crippen LogP contribution in [0.2, 0.25) is 0 Å². The smallest absolute Gasteiger partial charge is 0.0431 e. The molecule has 16 heavy (non-hydrogen) atoms. The summed E-state index contributed by atoms with van der Waals surface area (Å²) in [5.74, 6) is 0. The second kappa shape index (κ2) is 8.04. The van der Waals surface area contributed by atoms with Crippen molar-refractivity contribution in [3.05, 3.63) is 0 Å². The molecule has 0 aromatic carbocycles.